The van der Waals surface area contributed by atoms with Crippen LogP contribution in [0.3, 0.4) is 0 Å². The Morgan fingerprint density at radius 1 is 0.970 bits per heavy atom. The third-order valence-electron chi connectivity index (χ3n) is 4.96. The smallest absolute Gasteiger partial charge is 0.250 e. The summed E-state index contributed by atoms with van der Waals surface area (Å²) in [6.45, 7) is 0. The van der Waals surface area contributed by atoms with Crippen LogP contribution in [0.4, 0.5) is 0 Å². The average Bonchev–Trinajstić information content (AvgIpc) is 3.48. The van der Waals surface area contributed by atoms with Gasteiger partial charge in [-0.15, -0.1) is 10.2 Å². The summed E-state index contributed by atoms with van der Waals surface area (Å²) in [5.41, 5.74) is 5.81. The summed E-state index contributed by atoms with van der Waals surface area (Å²) in [5.74, 6) is 0.869. The van der Waals surface area contributed by atoms with Crippen LogP contribution in [-0.2, 0) is 10.5 Å². The van der Waals surface area contributed by atoms with Gasteiger partial charge in [0.1, 0.15) is 0 Å². The monoisotopic (exact) mass is 489 g/mol. The molecule has 6 nitrogen and oxygen atoms in total. The Labute approximate surface area is 202 Å². The van der Waals surface area contributed by atoms with Crippen molar-refractivity contribution < 1.29 is 4.79 Å². The van der Waals surface area contributed by atoms with Crippen molar-refractivity contribution in [3.8, 4) is 0 Å². The standard InChI is InChI=1S/C24H19N5OS3/c30-22(27-26-13-18-12-25-21-11-4-3-10-20(18)21)15-32-24-29-28-23(33-24)31-14-17-8-5-7-16-6-1-2-9-19(16)17/h1-13,25H,14-15H2,(H,27,30)/b26-13-. The minimum absolute atomic E-state index is 0.184. The van der Waals surface area contributed by atoms with Crippen LogP contribution in [0.5, 0.6) is 0 Å². The molecule has 0 saturated heterocycles. The van der Waals surface area contributed by atoms with Gasteiger partial charge < -0.3 is 4.98 Å². The van der Waals surface area contributed by atoms with Crippen LogP contribution in [0, 0.1) is 0 Å². The third kappa shape index (κ3) is 5.27. The van der Waals surface area contributed by atoms with Crippen LogP contribution >= 0.6 is 34.9 Å². The molecule has 3 aromatic carbocycles. The number of fused-ring (bicyclic) bond motifs is 2. The predicted molar refractivity (Wildman–Crippen MR) is 138 cm³/mol. The summed E-state index contributed by atoms with van der Waals surface area (Å²) >= 11 is 4.53. The molecule has 9 heteroatoms. The maximum absolute atomic E-state index is 12.1. The number of aromatic nitrogens is 3. The van der Waals surface area contributed by atoms with Gasteiger partial charge in [-0.1, -0.05) is 95.5 Å². The fraction of sp³-hybridized carbons (Fsp3) is 0.0833. The number of carbonyl (C=O) groups is 1. The van der Waals surface area contributed by atoms with E-state index in [1.807, 2.05) is 30.5 Å². The van der Waals surface area contributed by atoms with E-state index in [0.29, 0.717) is 0 Å². The van der Waals surface area contributed by atoms with Gasteiger partial charge in [-0.05, 0) is 22.4 Å². The van der Waals surface area contributed by atoms with Crippen LogP contribution in [0.1, 0.15) is 11.1 Å². The van der Waals surface area contributed by atoms with Crippen molar-refractivity contribution >= 4 is 68.7 Å². The van der Waals surface area contributed by atoms with Gasteiger partial charge in [0.15, 0.2) is 8.68 Å². The molecular weight excluding hydrogens is 470 g/mol. The van der Waals surface area contributed by atoms with Crippen LogP contribution in [-0.4, -0.2) is 33.1 Å². The second-order valence-corrected chi connectivity index (χ2v) is 10.6. The molecule has 2 N–H and O–H groups in total. The van der Waals surface area contributed by atoms with Gasteiger partial charge in [0.05, 0.1) is 12.0 Å². The van der Waals surface area contributed by atoms with Crippen LogP contribution in [0.25, 0.3) is 21.7 Å². The van der Waals surface area contributed by atoms with E-state index in [1.165, 1.54) is 39.4 Å². The SMILES string of the molecule is O=C(CSc1nnc(SCc2cccc3ccccc23)s1)N/N=C\c1c[nH]c2ccccc12. The Hall–Kier alpha value is -3.14. The van der Waals surface area contributed by atoms with E-state index in [-0.39, 0.29) is 11.7 Å². The number of benzene rings is 3. The second kappa shape index (κ2) is 10.2. The highest BCUT2D eigenvalue weighted by atomic mass is 32.2. The highest BCUT2D eigenvalue weighted by Crippen LogP contribution is 2.32. The first-order chi connectivity index (χ1) is 16.3. The summed E-state index contributed by atoms with van der Waals surface area (Å²) in [5, 5.41) is 16.1. The topological polar surface area (TPSA) is 83.0 Å². The molecule has 33 heavy (non-hydrogen) atoms. The van der Waals surface area contributed by atoms with Gasteiger partial charge >= 0.3 is 0 Å². The fourth-order valence-electron chi connectivity index (χ4n) is 3.41. The molecule has 5 rings (SSSR count). The summed E-state index contributed by atoms with van der Waals surface area (Å²) in [6, 6.07) is 22.7. The molecule has 0 saturated carbocycles. The minimum atomic E-state index is -0.184. The molecule has 0 unspecified atom stereocenters. The second-order valence-electron chi connectivity index (χ2n) is 7.13. The molecule has 0 fully saturated rings. The number of amides is 1. The zero-order chi connectivity index (χ0) is 22.5. The molecule has 0 aliphatic carbocycles. The third-order valence-corrected chi connectivity index (χ3v) is 8.20. The normalized spacial score (nSPS) is 11.5. The first-order valence-electron chi connectivity index (χ1n) is 10.2. The van der Waals surface area contributed by atoms with Crippen molar-refractivity contribution in [3.05, 3.63) is 84.1 Å². The molecule has 0 radical (unpaired) electrons. The first-order valence-corrected chi connectivity index (χ1v) is 13.0. The van der Waals surface area contributed by atoms with Gasteiger partial charge in [0.25, 0.3) is 5.91 Å². The van der Waals surface area contributed by atoms with E-state index in [2.05, 4.69) is 68.2 Å². The number of H-pyrrole nitrogens is 1. The fourth-order valence-corrected chi connectivity index (χ4v) is 6.22. The summed E-state index contributed by atoms with van der Waals surface area (Å²) in [7, 11) is 0. The minimum Gasteiger partial charge on any atom is -0.361 e. The van der Waals surface area contributed by atoms with Crippen molar-refractivity contribution in [2.24, 2.45) is 5.10 Å². The van der Waals surface area contributed by atoms with Crippen LogP contribution < -0.4 is 5.43 Å². The lowest BCUT2D eigenvalue weighted by Gasteiger charge is -2.04. The number of hydrogen-bond acceptors (Lipinski definition) is 7. The van der Waals surface area contributed by atoms with Crippen molar-refractivity contribution in [2.75, 3.05) is 5.75 Å². The molecule has 164 valence electrons. The molecule has 0 aliphatic rings. The van der Waals surface area contributed by atoms with Crippen LogP contribution in [0.2, 0.25) is 0 Å². The van der Waals surface area contributed by atoms with E-state index in [0.717, 1.165) is 30.9 Å². The molecule has 0 aliphatic heterocycles. The van der Waals surface area contributed by atoms with E-state index < -0.39 is 0 Å². The Kier molecular flexibility index (Phi) is 6.71. The largest absolute Gasteiger partial charge is 0.361 e. The predicted octanol–water partition coefficient (Wildman–Crippen LogP) is 5.71. The Balaban J connectivity index is 1.11. The highest BCUT2D eigenvalue weighted by molar-refractivity contribution is 8.03. The summed E-state index contributed by atoms with van der Waals surface area (Å²) in [4.78, 5) is 15.3. The number of nitrogens with zero attached hydrogens (tertiary/aromatic N) is 3. The van der Waals surface area contributed by atoms with E-state index in [9.17, 15) is 4.79 Å². The number of rotatable bonds is 8. The first kappa shape index (κ1) is 21.7. The van der Waals surface area contributed by atoms with Gasteiger partial charge in [-0.25, -0.2) is 5.43 Å². The summed E-state index contributed by atoms with van der Waals surface area (Å²) < 4.78 is 1.66. The lowest BCUT2D eigenvalue weighted by molar-refractivity contribution is -0.118. The number of para-hydroxylation sites is 1. The zero-order valence-corrected chi connectivity index (χ0v) is 19.8. The maximum Gasteiger partial charge on any atom is 0.250 e. The lowest BCUT2D eigenvalue weighted by Crippen LogP contribution is -2.19. The van der Waals surface area contributed by atoms with Gasteiger partial charge in [-0.2, -0.15) is 5.10 Å². The molecule has 0 atom stereocenters. The molecule has 5 aromatic rings. The van der Waals surface area contributed by atoms with Crippen molar-refractivity contribution in [2.45, 2.75) is 14.4 Å². The quantitative estimate of drug-likeness (QED) is 0.166. The molecule has 2 aromatic heterocycles. The lowest BCUT2D eigenvalue weighted by atomic mass is 10.1. The number of hydrazone groups is 1. The van der Waals surface area contributed by atoms with E-state index in [1.54, 1.807) is 18.0 Å². The summed E-state index contributed by atoms with van der Waals surface area (Å²) in [6.07, 6.45) is 3.52. The Bertz CT molecular complexity index is 1440. The number of aromatic amines is 1. The molecule has 1 amide bonds. The Morgan fingerprint density at radius 3 is 2.64 bits per heavy atom. The molecular formula is C24H19N5OS3. The van der Waals surface area contributed by atoms with Gasteiger partial charge in [0, 0.05) is 28.4 Å². The van der Waals surface area contributed by atoms with E-state index in [4.69, 9.17) is 0 Å². The van der Waals surface area contributed by atoms with Crippen LogP contribution in [0.15, 0.2) is 86.7 Å². The maximum atomic E-state index is 12.1. The number of carbonyl (C=O) groups excluding carboxylic acids is 1. The van der Waals surface area contributed by atoms with Crippen molar-refractivity contribution in [1.82, 2.24) is 20.6 Å². The number of thioether (sulfide) groups is 2. The van der Waals surface area contributed by atoms with Crippen molar-refractivity contribution in [3.63, 3.8) is 0 Å². The van der Waals surface area contributed by atoms with Crippen molar-refractivity contribution in [1.29, 1.82) is 0 Å². The molecule has 0 spiro atoms. The number of hydrogen-bond donors (Lipinski definition) is 2. The Morgan fingerprint density at radius 2 is 1.73 bits per heavy atom. The highest BCUT2D eigenvalue weighted by Gasteiger charge is 2.10. The van der Waals surface area contributed by atoms with E-state index >= 15 is 0 Å². The zero-order valence-electron chi connectivity index (χ0n) is 17.4. The van der Waals surface area contributed by atoms with Gasteiger partial charge in [-0.3, -0.25) is 4.79 Å². The van der Waals surface area contributed by atoms with Gasteiger partial charge in [0.2, 0.25) is 0 Å². The number of nitrogens with one attached hydrogen (secondary N) is 2. The molecule has 0 bridgehead atoms. The molecule has 2 heterocycles. The average molecular weight is 490 g/mol.